The zero-order valence-electron chi connectivity index (χ0n) is 12.5. The first-order valence-electron chi connectivity index (χ1n) is 6.76. The average molecular weight is 282 g/mol. The molecular formula is C15H23FN2O2. The molecule has 3 N–H and O–H groups in total. The van der Waals surface area contributed by atoms with E-state index >= 15 is 0 Å². The number of hydrogen-bond acceptors (Lipinski definition) is 3. The molecule has 4 nitrogen and oxygen atoms in total. The van der Waals surface area contributed by atoms with Crippen molar-refractivity contribution < 1.29 is 13.9 Å². The molecule has 0 radical (unpaired) electrons. The Morgan fingerprint density at radius 2 is 2.20 bits per heavy atom. The van der Waals surface area contributed by atoms with Crippen LogP contribution in [0.2, 0.25) is 0 Å². The summed E-state index contributed by atoms with van der Waals surface area (Å²) in [6.07, 6.45) is 0.138. The number of halogens is 1. The van der Waals surface area contributed by atoms with Crippen LogP contribution in [0.1, 0.15) is 32.8 Å². The quantitative estimate of drug-likeness (QED) is 0.805. The fraction of sp³-hybridized carbons (Fsp3) is 0.533. The van der Waals surface area contributed by atoms with Gasteiger partial charge < -0.3 is 15.8 Å². The Hall–Kier alpha value is -1.62. The maximum absolute atomic E-state index is 13.2. The maximum atomic E-state index is 13.2. The van der Waals surface area contributed by atoms with Crippen LogP contribution in [0.25, 0.3) is 0 Å². The summed E-state index contributed by atoms with van der Waals surface area (Å²) in [7, 11) is 0. The highest BCUT2D eigenvalue weighted by Gasteiger charge is 2.32. The monoisotopic (exact) mass is 282 g/mol. The number of carbonyl (C=O) groups excluding carboxylic acids is 1. The van der Waals surface area contributed by atoms with E-state index in [-0.39, 0.29) is 11.9 Å². The predicted octanol–water partition coefficient (Wildman–Crippen LogP) is 2.15. The van der Waals surface area contributed by atoms with E-state index in [9.17, 15) is 9.18 Å². The van der Waals surface area contributed by atoms with Crippen molar-refractivity contribution in [2.24, 2.45) is 5.73 Å². The lowest BCUT2D eigenvalue weighted by molar-refractivity contribution is -0.124. The molecule has 1 rings (SSSR count). The lowest BCUT2D eigenvalue weighted by Crippen LogP contribution is -2.55. The Bertz CT molecular complexity index is 479. The number of nitrogens with two attached hydrogens (primary N) is 1. The fourth-order valence-electron chi connectivity index (χ4n) is 2.18. The number of primary amides is 1. The van der Waals surface area contributed by atoms with Crippen LogP contribution in [0, 0.1) is 12.7 Å². The van der Waals surface area contributed by atoms with E-state index in [2.05, 4.69) is 5.32 Å². The molecule has 1 amide bonds. The van der Waals surface area contributed by atoms with E-state index in [1.54, 1.807) is 13.0 Å². The number of carbonyl (C=O) groups is 1. The van der Waals surface area contributed by atoms with Crippen molar-refractivity contribution in [3.05, 3.63) is 29.6 Å². The molecule has 5 heteroatoms. The third-order valence-electron chi connectivity index (χ3n) is 3.28. The van der Waals surface area contributed by atoms with Gasteiger partial charge in [0.2, 0.25) is 5.91 Å². The summed E-state index contributed by atoms with van der Waals surface area (Å²) in [5, 5.41) is 3.07. The zero-order chi connectivity index (χ0) is 15.3. The van der Waals surface area contributed by atoms with Gasteiger partial charge in [0.25, 0.3) is 0 Å². The van der Waals surface area contributed by atoms with Crippen molar-refractivity contribution >= 4 is 5.91 Å². The Morgan fingerprint density at radius 1 is 1.55 bits per heavy atom. The smallest absolute Gasteiger partial charge is 0.237 e. The van der Waals surface area contributed by atoms with Gasteiger partial charge in [0, 0.05) is 12.5 Å². The topological polar surface area (TPSA) is 64.3 Å². The van der Waals surface area contributed by atoms with Gasteiger partial charge in [-0.25, -0.2) is 4.39 Å². The van der Waals surface area contributed by atoms with Gasteiger partial charge in [0.05, 0.1) is 11.6 Å². The van der Waals surface area contributed by atoms with Gasteiger partial charge in [0.15, 0.2) is 0 Å². The maximum Gasteiger partial charge on any atom is 0.237 e. The fourth-order valence-corrected chi connectivity index (χ4v) is 2.18. The van der Waals surface area contributed by atoms with Gasteiger partial charge >= 0.3 is 0 Å². The van der Waals surface area contributed by atoms with Gasteiger partial charge in [-0.2, -0.15) is 0 Å². The highest BCUT2D eigenvalue weighted by molar-refractivity contribution is 5.84. The summed E-state index contributed by atoms with van der Waals surface area (Å²) in [6, 6.07) is 4.40. The normalized spacial score (nSPS) is 15.4. The lowest BCUT2D eigenvalue weighted by Gasteiger charge is -2.30. The van der Waals surface area contributed by atoms with Crippen LogP contribution in [0.15, 0.2) is 18.2 Å². The number of ether oxygens (including phenoxy) is 1. The summed E-state index contributed by atoms with van der Waals surface area (Å²) >= 11 is 0. The molecule has 1 aromatic carbocycles. The molecule has 0 aliphatic rings. The standard InChI is InChI=1S/C15H23FN2O2/c1-5-18-15(4,14(17)19)9-11(3)20-13-8-12(16)7-6-10(13)2/h6-8,11,18H,5,9H2,1-4H3,(H2,17,19). The van der Waals surface area contributed by atoms with Crippen molar-refractivity contribution in [2.45, 2.75) is 45.8 Å². The SMILES string of the molecule is CCNC(C)(CC(C)Oc1cc(F)ccc1C)C(N)=O. The molecule has 0 aromatic heterocycles. The van der Waals surface area contributed by atoms with Gasteiger partial charge in [0.1, 0.15) is 11.6 Å². The number of rotatable bonds is 7. The number of hydrogen-bond donors (Lipinski definition) is 2. The first kappa shape index (κ1) is 16.4. The van der Waals surface area contributed by atoms with E-state index in [0.29, 0.717) is 18.7 Å². The van der Waals surface area contributed by atoms with E-state index in [1.165, 1.54) is 12.1 Å². The van der Waals surface area contributed by atoms with E-state index in [4.69, 9.17) is 10.5 Å². The molecule has 2 unspecified atom stereocenters. The van der Waals surface area contributed by atoms with Gasteiger partial charge in [-0.15, -0.1) is 0 Å². The van der Waals surface area contributed by atoms with Crippen LogP contribution in [0.4, 0.5) is 4.39 Å². The second kappa shape index (κ2) is 6.70. The third kappa shape index (κ3) is 4.20. The van der Waals surface area contributed by atoms with Crippen LogP contribution < -0.4 is 15.8 Å². The summed E-state index contributed by atoms with van der Waals surface area (Å²) in [5.41, 5.74) is 5.45. The van der Waals surface area contributed by atoms with Gasteiger partial charge in [-0.05, 0) is 38.9 Å². The highest BCUT2D eigenvalue weighted by Crippen LogP contribution is 2.23. The minimum Gasteiger partial charge on any atom is -0.490 e. The molecule has 2 atom stereocenters. The molecule has 0 fully saturated rings. The highest BCUT2D eigenvalue weighted by atomic mass is 19.1. The molecular weight excluding hydrogens is 259 g/mol. The molecule has 0 heterocycles. The molecule has 112 valence electrons. The summed E-state index contributed by atoms with van der Waals surface area (Å²) in [5.74, 6) is -0.284. The second-order valence-corrected chi connectivity index (χ2v) is 5.27. The number of likely N-dealkylation sites (N-methyl/N-ethyl adjacent to an activating group) is 1. The van der Waals surface area contributed by atoms with E-state index in [0.717, 1.165) is 5.56 Å². The van der Waals surface area contributed by atoms with Crippen LogP contribution in [0.5, 0.6) is 5.75 Å². The Labute approximate surface area is 119 Å². The minimum absolute atomic E-state index is 0.271. The second-order valence-electron chi connectivity index (χ2n) is 5.27. The number of nitrogens with one attached hydrogen (secondary N) is 1. The molecule has 0 spiro atoms. The Balaban J connectivity index is 2.78. The minimum atomic E-state index is -0.838. The van der Waals surface area contributed by atoms with Gasteiger partial charge in [-0.1, -0.05) is 13.0 Å². The van der Waals surface area contributed by atoms with Crippen LogP contribution >= 0.6 is 0 Å². The number of amides is 1. The van der Waals surface area contributed by atoms with Crippen LogP contribution in [-0.4, -0.2) is 24.1 Å². The molecule has 0 saturated carbocycles. The molecule has 0 bridgehead atoms. The van der Waals surface area contributed by atoms with E-state index < -0.39 is 11.4 Å². The van der Waals surface area contributed by atoms with Crippen molar-refractivity contribution in [1.82, 2.24) is 5.32 Å². The molecule has 20 heavy (non-hydrogen) atoms. The third-order valence-corrected chi connectivity index (χ3v) is 3.28. The number of benzene rings is 1. The molecule has 1 aromatic rings. The van der Waals surface area contributed by atoms with Crippen molar-refractivity contribution in [2.75, 3.05) is 6.54 Å². The van der Waals surface area contributed by atoms with Crippen LogP contribution in [0.3, 0.4) is 0 Å². The van der Waals surface area contributed by atoms with E-state index in [1.807, 2.05) is 20.8 Å². The van der Waals surface area contributed by atoms with Crippen LogP contribution in [-0.2, 0) is 4.79 Å². The molecule has 0 saturated heterocycles. The largest absolute Gasteiger partial charge is 0.490 e. The lowest BCUT2D eigenvalue weighted by atomic mass is 9.94. The molecule has 0 aliphatic heterocycles. The first-order chi connectivity index (χ1) is 9.28. The average Bonchev–Trinajstić information content (AvgIpc) is 2.33. The predicted molar refractivity (Wildman–Crippen MR) is 77.1 cm³/mol. The summed E-state index contributed by atoms with van der Waals surface area (Å²) in [4.78, 5) is 11.6. The Morgan fingerprint density at radius 3 is 2.75 bits per heavy atom. The zero-order valence-corrected chi connectivity index (χ0v) is 12.5. The van der Waals surface area contributed by atoms with Crippen molar-refractivity contribution in [1.29, 1.82) is 0 Å². The molecule has 0 aliphatic carbocycles. The Kier molecular flexibility index (Phi) is 5.51. The first-order valence-corrected chi connectivity index (χ1v) is 6.76. The number of aryl methyl sites for hydroxylation is 1. The summed E-state index contributed by atoms with van der Waals surface area (Å²) in [6.45, 7) is 7.97. The summed E-state index contributed by atoms with van der Waals surface area (Å²) < 4.78 is 18.9. The van der Waals surface area contributed by atoms with Crippen molar-refractivity contribution in [3.8, 4) is 5.75 Å². The van der Waals surface area contributed by atoms with Crippen molar-refractivity contribution in [3.63, 3.8) is 0 Å². The van der Waals surface area contributed by atoms with Gasteiger partial charge in [-0.3, -0.25) is 4.79 Å².